The summed E-state index contributed by atoms with van der Waals surface area (Å²) >= 11 is 1.69. The van der Waals surface area contributed by atoms with Gasteiger partial charge in [-0.25, -0.2) is 9.24 Å². The summed E-state index contributed by atoms with van der Waals surface area (Å²) in [6, 6.07) is 43.4. The molecule has 71 heavy (non-hydrogen) atoms. The third-order valence-electron chi connectivity index (χ3n) is 15.2. The molecular formula is C64H56FN5S. The maximum atomic E-state index is 19.4. The zero-order valence-corrected chi connectivity index (χ0v) is 43.4. The molecule has 7 heteroatoms. The number of hydrogen-bond acceptors (Lipinski definition) is 2. The Balaban J connectivity index is 1.31. The van der Waals surface area contributed by atoms with Crippen molar-refractivity contribution < 1.29 is 4.39 Å². The van der Waals surface area contributed by atoms with Crippen molar-refractivity contribution in [3.8, 4) is 28.6 Å². The smallest absolute Gasteiger partial charge is 0.222 e. The molecule has 350 valence electrons. The van der Waals surface area contributed by atoms with Gasteiger partial charge in [0.1, 0.15) is 22.4 Å². The molecule has 5 heterocycles. The number of nitrogens with zero attached hydrogens (tertiary/aromatic N) is 5. The Labute approximate surface area is 418 Å². The number of aromatic nitrogens is 3. The summed E-state index contributed by atoms with van der Waals surface area (Å²) < 4.78 is 25.8. The molecule has 12 aromatic rings. The van der Waals surface area contributed by atoms with Gasteiger partial charge in [-0.05, 0) is 128 Å². The number of thiophene rings is 1. The second kappa shape index (κ2) is 14.8. The highest BCUT2D eigenvalue weighted by Crippen LogP contribution is 2.52. The van der Waals surface area contributed by atoms with Gasteiger partial charge >= 0.3 is 0 Å². The van der Waals surface area contributed by atoms with Crippen LogP contribution in [-0.4, -0.2) is 13.5 Å². The molecule has 0 spiro atoms. The minimum Gasteiger partial charge on any atom is -0.318 e. The van der Waals surface area contributed by atoms with Gasteiger partial charge in [-0.1, -0.05) is 126 Å². The van der Waals surface area contributed by atoms with Crippen molar-refractivity contribution in [3.63, 3.8) is 0 Å². The molecule has 5 nitrogen and oxygen atoms in total. The van der Waals surface area contributed by atoms with Crippen LogP contribution >= 0.6 is 11.3 Å². The van der Waals surface area contributed by atoms with E-state index in [2.05, 4.69) is 224 Å². The quantitative estimate of drug-likeness (QED) is 0.163. The van der Waals surface area contributed by atoms with Gasteiger partial charge in [-0.2, -0.15) is 5.26 Å². The molecule has 0 aliphatic carbocycles. The zero-order valence-electron chi connectivity index (χ0n) is 42.6. The van der Waals surface area contributed by atoms with Crippen LogP contribution in [0, 0.1) is 23.7 Å². The molecule has 0 unspecified atom stereocenters. The number of hydrogen-bond donors (Lipinski definition) is 0. The summed E-state index contributed by atoms with van der Waals surface area (Å²) in [5, 5.41) is 22.2. The molecule has 0 atom stereocenters. The first-order valence-electron chi connectivity index (χ1n) is 24.6. The average Bonchev–Trinajstić information content (AvgIpc) is 4.13. The van der Waals surface area contributed by atoms with Gasteiger partial charge in [0.05, 0.1) is 50.9 Å². The van der Waals surface area contributed by atoms with E-state index in [0.717, 1.165) is 92.1 Å². The Morgan fingerprint density at radius 1 is 0.507 bits per heavy atom. The minimum atomic E-state index is -0.612. The van der Waals surface area contributed by atoms with E-state index in [-0.39, 0.29) is 44.2 Å². The molecule has 7 aromatic carbocycles. The van der Waals surface area contributed by atoms with E-state index in [1.54, 1.807) is 11.3 Å². The van der Waals surface area contributed by atoms with Crippen LogP contribution in [0.1, 0.15) is 111 Å². The summed E-state index contributed by atoms with van der Waals surface area (Å²) in [5.74, 6) is -0.612. The van der Waals surface area contributed by atoms with Gasteiger partial charge < -0.3 is 9.13 Å². The second-order valence-electron chi connectivity index (χ2n) is 23.8. The Kier molecular flexibility index (Phi) is 9.32. The molecule has 0 amide bonds. The molecule has 0 bridgehead atoms. The predicted octanol–water partition coefficient (Wildman–Crippen LogP) is 18.5. The molecule has 0 fully saturated rings. The second-order valence-corrected chi connectivity index (χ2v) is 24.7. The van der Waals surface area contributed by atoms with E-state index in [4.69, 9.17) is 0 Å². The van der Waals surface area contributed by atoms with Gasteiger partial charge in [0, 0.05) is 48.7 Å². The first kappa shape index (κ1) is 44.7. The lowest BCUT2D eigenvalue weighted by atomic mass is 9.85. The topological polar surface area (TPSA) is 42.4 Å². The van der Waals surface area contributed by atoms with Crippen LogP contribution < -0.4 is 0 Å². The highest BCUT2D eigenvalue weighted by molar-refractivity contribution is 7.17. The maximum absolute atomic E-state index is 19.4. The maximum Gasteiger partial charge on any atom is 0.222 e. The van der Waals surface area contributed by atoms with Crippen LogP contribution in [-0.2, 0) is 21.7 Å². The van der Waals surface area contributed by atoms with Gasteiger partial charge in [-0.15, -0.1) is 11.3 Å². The minimum absolute atomic E-state index is 0.0889. The predicted molar refractivity (Wildman–Crippen MR) is 299 cm³/mol. The molecular weight excluding hydrogens is 890 g/mol. The van der Waals surface area contributed by atoms with E-state index in [9.17, 15) is 11.8 Å². The zero-order chi connectivity index (χ0) is 50.0. The summed E-state index contributed by atoms with van der Waals surface area (Å²) in [5.41, 5.74) is 10.9. The number of para-hydroxylation sites is 1. The average molecular weight is 946 g/mol. The monoisotopic (exact) mass is 945 g/mol. The van der Waals surface area contributed by atoms with Crippen molar-refractivity contribution >= 4 is 98.0 Å². The highest BCUT2D eigenvalue weighted by atomic mass is 32.1. The van der Waals surface area contributed by atoms with Gasteiger partial charge in [0.25, 0.3) is 0 Å². The molecule has 5 aromatic heterocycles. The summed E-state index contributed by atoms with van der Waals surface area (Å²) in [6.45, 7) is 35.8. The van der Waals surface area contributed by atoms with Crippen molar-refractivity contribution in [2.45, 2.75) is 105 Å². The van der Waals surface area contributed by atoms with Crippen molar-refractivity contribution in [2.24, 2.45) is 0 Å². The van der Waals surface area contributed by atoms with Crippen molar-refractivity contribution in [2.75, 3.05) is 0 Å². The first-order chi connectivity index (χ1) is 33.6. The van der Waals surface area contributed by atoms with Crippen LogP contribution in [0.5, 0.6) is 0 Å². The lowest BCUT2D eigenvalue weighted by Gasteiger charge is -2.23. The third kappa shape index (κ3) is 6.38. The Morgan fingerprint density at radius 2 is 0.944 bits per heavy atom. The van der Waals surface area contributed by atoms with Crippen LogP contribution in [0.15, 0.2) is 121 Å². The van der Waals surface area contributed by atoms with Gasteiger partial charge in [-0.3, -0.25) is 4.40 Å². The molecule has 12 rings (SSSR count). The van der Waals surface area contributed by atoms with E-state index in [0.29, 0.717) is 11.3 Å². The van der Waals surface area contributed by atoms with Gasteiger partial charge in [0.15, 0.2) is 0 Å². The van der Waals surface area contributed by atoms with Crippen LogP contribution in [0.3, 0.4) is 0 Å². The Bertz CT molecular complexity index is 4210. The van der Waals surface area contributed by atoms with E-state index >= 15 is 4.39 Å². The fourth-order valence-electron chi connectivity index (χ4n) is 11.3. The van der Waals surface area contributed by atoms with Crippen LogP contribution in [0.4, 0.5) is 10.1 Å². The molecule has 0 radical (unpaired) electrons. The van der Waals surface area contributed by atoms with Gasteiger partial charge in [0.2, 0.25) is 5.69 Å². The Hall–Kier alpha value is -7.45. The summed E-state index contributed by atoms with van der Waals surface area (Å²) in [6.07, 6.45) is 0. The molecule has 0 saturated carbocycles. The number of benzene rings is 7. The van der Waals surface area contributed by atoms with E-state index in [1.807, 2.05) is 4.57 Å². The fourth-order valence-corrected chi connectivity index (χ4v) is 12.3. The molecule has 0 aliphatic rings. The third-order valence-corrected chi connectivity index (χ3v) is 16.1. The number of fused-ring (bicyclic) bond motifs is 12. The molecule has 0 saturated heterocycles. The SMILES string of the molecule is [C-]#[N+]c1c(-c2cc3c4ccccc4n4c5sccc5c(c2)c34)c(F)c(-n2c3ccc(C(C)(C)C)cc3c3cc(C(C)(C)C)ccc32)c(C#N)c1-n1c2ccc(C(C)(C)C)cc2c2cc(C(C)(C)C)ccc21. The van der Waals surface area contributed by atoms with Crippen LogP contribution in [0.2, 0.25) is 0 Å². The van der Waals surface area contributed by atoms with Crippen molar-refractivity contribution in [1.82, 2.24) is 13.5 Å². The number of halogens is 1. The van der Waals surface area contributed by atoms with Crippen molar-refractivity contribution in [3.05, 3.63) is 166 Å². The number of nitriles is 1. The van der Waals surface area contributed by atoms with Crippen molar-refractivity contribution in [1.29, 1.82) is 5.26 Å². The summed E-state index contributed by atoms with van der Waals surface area (Å²) in [7, 11) is 0. The fraction of sp³-hybridized carbons (Fsp3) is 0.250. The first-order valence-corrected chi connectivity index (χ1v) is 25.5. The standard InChI is InChI=1S/C64H56FN5S/c1-61(2,3)36-18-22-50-42(30-36)43-31-37(62(4,5)6)19-23-51(43)68(50)58-48(34-66)59(69-52-24-20-38(63(7,8)9)32-44(52)45-33-39(64(10,11)12)21-25-53(45)69)56(67-13)54(55(58)65)35-28-46-40-16-14-15-17-49(40)70-57(46)47(29-35)41-26-27-71-60(41)70/h14-33H,1-12H3. The lowest BCUT2D eigenvalue weighted by molar-refractivity contribution is 0.590. The largest absolute Gasteiger partial charge is 0.318 e. The normalized spacial score (nSPS) is 13.1. The number of rotatable bonds is 3. The van der Waals surface area contributed by atoms with E-state index < -0.39 is 5.82 Å². The molecule has 0 aliphatic heterocycles. The Morgan fingerprint density at radius 3 is 1.38 bits per heavy atom. The summed E-state index contributed by atoms with van der Waals surface area (Å²) in [4.78, 5) is 5.51. The lowest BCUT2D eigenvalue weighted by Crippen LogP contribution is -2.12. The van der Waals surface area contributed by atoms with E-state index in [1.165, 1.54) is 11.1 Å². The molecule has 0 N–H and O–H groups in total. The van der Waals surface area contributed by atoms with Crippen LogP contribution in [0.25, 0.3) is 108 Å². The highest BCUT2D eigenvalue weighted by Gasteiger charge is 2.34.